The van der Waals surface area contributed by atoms with Crippen LogP contribution in [0.25, 0.3) is 5.69 Å². The molecular formula is C16H18N6O2. The van der Waals surface area contributed by atoms with Gasteiger partial charge in [0.2, 0.25) is 11.8 Å². The number of rotatable bonds is 4. The molecule has 2 amide bonds. The van der Waals surface area contributed by atoms with E-state index in [0.717, 1.165) is 24.1 Å². The molecule has 2 heterocycles. The number of amides is 2. The van der Waals surface area contributed by atoms with Gasteiger partial charge in [-0.1, -0.05) is 6.07 Å². The molecule has 124 valence electrons. The molecule has 8 nitrogen and oxygen atoms in total. The van der Waals surface area contributed by atoms with Crippen molar-refractivity contribution in [3.63, 3.8) is 0 Å². The first kappa shape index (κ1) is 14.8. The molecule has 24 heavy (non-hydrogen) atoms. The monoisotopic (exact) mass is 326 g/mol. The van der Waals surface area contributed by atoms with Crippen LogP contribution in [0.15, 0.2) is 24.5 Å². The number of carbonyl (C=O) groups excluding carboxylic acids is 2. The van der Waals surface area contributed by atoms with Gasteiger partial charge >= 0.3 is 0 Å². The second kappa shape index (κ2) is 5.70. The zero-order valence-electron chi connectivity index (χ0n) is 13.3. The minimum absolute atomic E-state index is 0.0935. The van der Waals surface area contributed by atoms with E-state index in [-0.39, 0.29) is 17.7 Å². The molecule has 1 aromatic carbocycles. The van der Waals surface area contributed by atoms with Crippen LogP contribution < -0.4 is 5.32 Å². The Morgan fingerprint density at radius 1 is 1.33 bits per heavy atom. The number of carbonyl (C=O) groups is 2. The second-order valence-electron chi connectivity index (χ2n) is 6.42. The lowest BCUT2D eigenvalue weighted by Crippen LogP contribution is -2.29. The highest BCUT2D eigenvalue weighted by molar-refractivity contribution is 5.97. The summed E-state index contributed by atoms with van der Waals surface area (Å²) in [4.78, 5) is 26.3. The highest BCUT2D eigenvalue weighted by Crippen LogP contribution is 2.33. The molecule has 2 aromatic rings. The lowest BCUT2D eigenvalue weighted by Gasteiger charge is -2.15. The lowest BCUT2D eigenvalue weighted by atomic mass is 10.1. The average molecular weight is 326 g/mol. The summed E-state index contributed by atoms with van der Waals surface area (Å²) < 4.78 is 1.55. The fourth-order valence-electron chi connectivity index (χ4n) is 3.10. The van der Waals surface area contributed by atoms with Crippen molar-refractivity contribution in [1.82, 2.24) is 25.1 Å². The van der Waals surface area contributed by atoms with Gasteiger partial charge in [-0.25, -0.2) is 4.68 Å². The third kappa shape index (κ3) is 2.75. The topological polar surface area (TPSA) is 93.0 Å². The number of hydrogen-bond donors (Lipinski definition) is 1. The molecular weight excluding hydrogens is 308 g/mol. The number of aryl methyl sites for hydroxylation is 1. The molecule has 4 rings (SSSR count). The van der Waals surface area contributed by atoms with Gasteiger partial charge in [-0.2, -0.15) is 0 Å². The highest BCUT2D eigenvalue weighted by Gasteiger charge is 2.41. The van der Waals surface area contributed by atoms with Gasteiger partial charge in [-0.15, -0.1) is 5.10 Å². The van der Waals surface area contributed by atoms with E-state index in [1.165, 1.54) is 6.33 Å². The normalized spacial score (nSPS) is 20.5. The number of nitrogens with zero attached hydrogens (tertiary/aromatic N) is 5. The van der Waals surface area contributed by atoms with E-state index in [1.54, 1.807) is 4.68 Å². The van der Waals surface area contributed by atoms with E-state index in [9.17, 15) is 9.59 Å². The van der Waals surface area contributed by atoms with E-state index >= 15 is 0 Å². The predicted molar refractivity (Wildman–Crippen MR) is 85.4 cm³/mol. The van der Waals surface area contributed by atoms with Crippen molar-refractivity contribution in [3.8, 4) is 5.69 Å². The quantitative estimate of drug-likeness (QED) is 0.902. The number of aromatic nitrogens is 4. The van der Waals surface area contributed by atoms with Crippen molar-refractivity contribution in [1.29, 1.82) is 0 Å². The Hall–Kier alpha value is -2.77. The number of tetrazole rings is 1. The fourth-order valence-corrected chi connectivity index (χ4v) is 3.10. The molecule has 2 fully saturated rings. The summed E-state index contributed by atoms with van der Waals surface area (Å²) in [5.41, 5.74) is 2.48. The molecule has 1 atom stereocenters. The van der Waals surface area contributed by atoms with E-state index < -0.39 is 0 Å². The first-order valence-corrected chi connectivity index (χ1v) is 8.06. The molecule has 1 aliphatic carbocycles. The fraction of sp³-hybridized carbons (Fsp3) is 0.438. The van der Waals surface area contributed by atoms with Crippen LogP contribution in [0.1, 0.15) is 24.8 Å². The summed E-state index contributed by atoms with van der Waals surface area (Å²) in [6, 6.07) is 5.94. The van der Waals surface area contributed by atoms with Crippen molar-refractivity contribution in [3.05, 3.63) is 30.1 Å². The summed E-state index contributed by atoms with van der Waals surface area (Å²) in [6.45, 7) is 2.48. The van der Waals surface area contributed by atoms with Crippen molar-refractivity contribution in [2.24, 2.45) is 5.92 Å². The second-order valence-corrected chi connectivity index (χ2v) is 6.42. The zero-order chi connectivity index (χ0) is 16.7. The van der Waals surface area contributed by atoms with Gasteiger partial charge in [0.05, 0.1) is 11.6 Å². The maximum atomic E-state index is 12.5. The first-order valence-electron chi connectivity index (χ1n) is 8.06. The molecule has 2 aliphatic rings. The molecule has 1 N–H and O–H groups in total. The van der Waals surface area contributed by atoms with Crippen LogP contribution >= 0.6 is 0 Å². The highest BCUT2D eigenvalue weighted by atomic mass is 16.2. The maximum Gasteiger partial charge on any atom is 0.229 e. The third-order valence-electron chi connectivity index (χ3n) is 4.59. The summed E-state index contributed by atoms with van der Waals surface area (Å²) in [6.07, 6.45) is 3.94. The number of likely N-dealkylation sites (tertiary alicyclic amines) is 1. The van der Waals surface area contributed by atoms with Crippen LogP contribution in [-0.2, 0) is 9.59 Å². The van der Waals surface area contributed by atoms with Crippen LogP contribution in [0.3, 0.4) is 0 Å². The van der Waals surface area contributed by atoms with Crippen molar-refractivity contribution >= 4 is 17.5 Å². The van der Waals surface area contributed by atoms with Gasteiger partial charge in [0.1, 0.15) is 6.33 Å². The maximum absolute atomic E-state index is 12.5. The Labute approximate surface area is 138 Å². The minimum atomic E-state index is -0.282. The van der Waals surface area contributed by atoms with Crippen molar-refractivity contribution in [2.75, 3.05) is 11.9 Å². The van der Waals surface area contributed by atoms with Crippen LogP contribution in [0.4, 0.5) is 5.69 Å². The summed E-state index contributed by atoms with van der Waals surface area (Å²) in [7, 11) is 0. The average Bonchev–Trinajstić information content (AvgIpc) is 3.10. The molecule has 0 bridgehead atoms. The van der Waals surface area contributed by atoms with Gasteiger partial charge in [0, 0.05) is 24.7 Å². The van der Waals surface area contributed by atoms with Crippen LogP contribution in [0.5, 0.6) is 0 Å². The van der Waals surface area contributed by atoms with E-state index in [0.29, 0.717) is 24.7 Å². The third-order valence-corrected chi connectivity index (χ3v) is 4.59. The lowest BCUT2D eigenvalue weighted by molar-refractivity contribution is -0.128. The SMILES string of the molecule is Cc1ccc(NC(=O)C2CC(=O)N(C3CC3)C2)cc1-n1cnnn1. The number of hydrogen-bond acceptors (Lipinski definition) is 5. The Kier molecular flexibility index (Phi) is 3.51. The largest absolute Gasteiger partial charge is 0.339 e. The molecule has 8 heteroatoms. The Bertz CT molecular complexity index is 784. The Morgan fingerprint density at radius 2 is 2.17 bits per heavy atom. The molecule has 0 radical (unpaired) electrons. The van der Waals surface area contributed by atoms with E-state index in [1.807, 2.05) is 30.0 Å². The van der Waals surface area contributed by atoms with Gasteiger partial charge < -0.3 is 10.2 Å². The number of anilines is 1. The van der Waals surface area contributed by atoms with Crippen molar-refractivity contribution < 1.29 is 9.59 Å². The molecule has 1 aliphatic heterocycles. The van der Waals surface area contributed by atoms with Crippen molar-refractivity contribution in [2.45, 2.75) is 32.2 Å². The van der Waals surface area contributed by atoms with Gasteiger partial charge in [0.25, 0.3) is 0 Å². The number of nitrogens with one attached hydrogen (secondary N) is 1. The summed E-state index contributed by atoms with van der Waals surface area (Å²) in [5, 5.41) is 14.1. The van der Waals surface area contributed by atoms with Gasteiger partial charge in [0.15, 0.2) is 0 Å². The standard InChI is InChI=1S/C16H18N6O2/c1-10-2-3-12(7-14(10)22-9-17-19-20-22)18-16(24)11-6-15(23)21(8-11)13-4-5-13/h2-3,7,9,11,13H,4-6,8H2,1H3,(H,18,24). The van der Waals surface area contributed by atoms with E-state index in [2.05, 4.69) is 20.8 Å². The molecule has 0 spiro atoms. The summed E-state index contributed by atoms with van der Waals surface area (Å²) >= 11 is 0. The van der Waals surface area contributed by atoms with Crippen LogP contribution in [-0.4, -0.2) is 49.5 Å². The smallest absolute Gasteiger partial charge is 0.229 e. The van der Waals surface area contributed by atoms with E-state index in [4.69, 9.17) is 0 Å². The zero-order valence-corrected chi connectivity index (χ0v) is 13.3. The first-order chi connectivity index (χ1) is 11.6. The predicted octanol–water partition coefficient (Wildman–Crippen LogP) is 0.920. The minimum Gasteiger partial charge on any atom is -0.339 e. The molecule has 1 aromatic heterocycles. The van der Waals surface area contributed by atoms with Crippen LogP contribution in [0, 0.1) is 12.8 Å². The Morgan fingerprint density at radius 3 is 2.88 bits per heavy atom. The van der Waals surface area contributed by atoms with Gasteiger partial charge in [-0.05, 0) is 47.9 Å². The summed E-state index contributed by atoms with van der Waals surface area (Å²) in [5.74, 6) is -0.301. The molecule has 1 saturated carbocycles. The number of benzene rings is 1. The molecule has 1 saturated heterocycles. The van der Waals surface area contributed by atoms with Gasteiger partial charge in [-0.3, -0.25) is 9.59 Å². The Balaban J connectivity index is 1.48. The van der Waals surface area contributed by atoms with Crippen LogP contribution in [0.2, 0.25) is 0 Å². The molecule has 1 unspecified atom stereocenters.